The second-order valence-corrected chi connectivity index (χ2v) is 5.98. The highest BCUT2D eigenvalue weighted by atomic mass is 16.5. The highest BCUT2D eigenvalue weighted by Gasteiger charge is 2.07. The van der Waals surface area contributed by atoms with E-state index in [0.717, 1.165) is 17.5 Å². The van der Waals surface area contributed by atoms with Gasteiger partial charge in [-0.1, -0.05) is 25.1 Å². The van der Waals surface area contributed by atoms with Crippen molar-refractivity contribution in [2.45, 2.75) is 33.6 Å². The van der Waals surface area contributed by atoms with Crippen LogP contribution < -0.4 is 15.4 Å². The third kappa shape index (κ3) is 5.95. The zero-order chi connectivity index (χ0) is 18.2. The minimum Gasteiger partial charge on any atom is -0.483 e. The van der Waals surface area contributed by atoms with Crippen LogP contribution in [-0.4, -0.2) is 18.4 Å². The van der Waals surface area contributed by atoms with Gasteiger partial charge in [0.25, 0.3) is 5.91 Å². The number of nitrogens with one attached hydrogen (secondary N) is 2. The lowest BCUT2D eigenvalue weighted by atomic mass is 10.1. The quantitative estimate of drug-likeness (QED) is 0.799. The number of ether oxygens (including phenoxy) is 1. The van der Waals surface area contributed by atoms with E-state index >= 15 is 0 Å². The van der Waals surface area contributed by atoms with E-state index in [2.05, 4.69) is 10.6 Å². The summed E-state index contributed by atoms with van der Waals surface area (Å²) in [7, 11) is 0. The molecule has 0 radical (unpaired) electrons. The van der Waals surface area contributed by atoms with Gasteiger partial charge in [-0.25, -0.2) is 0 Å². The van der Waals surface area contributed by atoms with Crippen molar-refractivity contribution >= 4 is 23.2 Å². The van der Waals surface area contributed by atoms with Gasteiger partial charge in [0.2, 0.25) is 5.91 Å². The molecule has 0 fully saturated rings. The smallest absolute Gasteiger partial charge is 0.262 e. The monoisotopic (exact) mass is 340 g/mol. The average Bonchev–Trinajstić information content (AvgIpc) is 2.56. The maximum absolute atomic E-state index is 12.1. The molecule has 2 N–H and O–H groups in total. The first-order chi connectivity index (χ1) is 12.0. The van der Waals surface area contributed by atoms with Gasteiger partial charge < -0.3 is 15.4 Å². The van der Waals surface area contributed by atoms with Crippen LogP contribution >= 0.6 is 0 Å². The Morgan fingerprint density at radius 3 is 2.32 bits per heavy atom. The van der Waals surface area contributed by atoms with Gasteiger partial charge in [-0.15, -0.1) is 0 Å². The van der Waals surface area contributed by atoms with Crippen LogP contribution in [0.1, 0.15) is 30.9 Å². The number of hydrogen-bond acceptors (Lipinski definition) is 3. The van der Waals surface area contributed by atoms with Gasteiger partial charge in [-0.2, -0.15) is 0 Å². The van der Waals surface area contributed by atoms with E-state index in [4.69, 9.17) is 4.74 Å². The fourth-order valence-electron chi connectivity index (χ4n) is 2.33. The summed E-state index contributed by atoms with van der Waals surface area (Å²) in [5.41, 5.74) is 3.34. The molecule has 0 saturated heterocycles. The molecule has 0 spiro atoms. The Balaban J connectivity index is 1.92. The predicted octanol–water partition coefficient (Wildman–Crippen LogP) is 4.06. The fourth-order valence-corrected chi connectivity index (χ4v) is 2.33. The Bertz CT molecular complexity index is 756. The Labute approximate surface area is 148 Å². The third-order valence-electron chi connectivity index (χ3n) is 3.61. The number of benzene rings is 2. The lowest BCUT2D eigenvalue weighted by Gasteiger charge is -2.11. The molecule has 25 heavy (non-hydrogen) atoms. The van der Waals surface area contributed by atoms with E-state index in [-0.39, 0.29) is 18.4 Å². The molecule has 0 unspecified atom stereocenters. The van der Waals surface area contributed by atoms with Crippen molar-refractivity contribution in [3.05, 3.63) is 53.6 Å². The first kappa shape index (κ1) is 18.5. The van der Waals surface area contributed by atoms with E-state index in [1.54, 1.807) is 24.3 Å². The molecule has 0 bridgehead atoms. The number of hydrogen-bond donors (Lipinski definition) is 2. The molecule has 5 nitrogen and oxygen atoms in total. The van der Waals surface area contributed by atoms with Crippen LogP contribution in [0.5, 0.6) is 5.75 Å². The summed E-state index contributed by atoms with van der Waals surface area (Å²) in [6.45, 7) is 5.79. The van der Waals surface area contributed by atoms with Gasteiger partial charge in [0.1, 0.15) is 5.75 Å². The van der Waals surface area contributed by atoms with Crippen molar-refractivity contribution in [2.24, 2.45) is 0 Å². The minimum atomic E-state index is -0.252. The summed E-state index contributed by atoms with van der Waals surface area (Å²) in [5, 5.41) is 5.58. The van der Waals surface area contributed by atoms with Crippen molar-refractivity contribution in [1.29, 1.82) is 0 Å². The lowest BCUT2D eigenvalue weighted by Crippen LogP contribution is -2.20. The molecule has 0 heterocycles. The summed E-state index contributed by atoms with van der Waals surface area (Å²) in [6, 6.07) is 12.9. The molecular formula is C20H24N2O3. The number of aryl methyl sites for hydroxylation is 2. The molecular weight excluding hydrogens is 316 g/mol. The Morgan fingerprint density at radius 2 is 1.64 bits per heavy atom. The third-order valence-corrected chi connectivity index (χ3v) is 3.61. The van der Waals surface area contributed by atoms with Gasteiger partial charge in [-0.3, -0.25) is 9.59 Å². The van der Waals surface area contributed by atoms with Crippen LogP contribution in [0.15, 0.2) is 42.5 Å². The van der Waals surface area contributed by atoms with Crippen molar-refractivity contribution < 1.29 is 14.3 Å². The summed E-state index contributed by atoms with van der Waals surface area (Å²) in [4.78, 5) is 23.7. The standard InChI is InChI=1S/C20H24N2O3/c1-4-6-19(23)21-16-7-5-8-17(12-16)22-20(24)13-25-18-11-14(2)9-10-15(18)3/h5,7-12H,4,6,13H2,1-3H3,(H,21,23)(H,22,24). The normalized spacial score (nSPS) is 10.2. The molecule has 0 atom stereocenters. The van der Waals surface area contributed by atoms with Crippen molar-refractivity contribution in [2.75, 3.05) is 17.2 Å². The molecule has 5 heteroatoms. The van der Waals surface area contributed by atoms with E-state index in [1.165, 1.54) is 0 Å². The van der Waals surface area contributed by atoms with Gasteiger partial charge in [0, 0.05) is 17.8 Å². The second-order valence-electron chi connectivity index (χ2n) is 5.98. The summed E-state index contributed by atoms with van der Waals surface area (Å²) in [6.07, 6.45) is 1.26. The molecule has 0 saturated carbocycles. The first-order valence-corrected chi connectivity index (χ1v) is 8.37. The maximum atomic E-state index is 12.1. The zero-order valence-electron chi connectivity index (χ0n) is 14.9. The predicted molar refractivity (Wildman–Crippen MR) is 100 cm³/mol. The Morgan fingerprint density at radius 1 is 0.960 bits per heavy atom. The Kier molecular flexibility index (Phi) is 6.57. The van der Waals surface area contributed by atoms with Crippen molar-refractivity contribution in [3.63, 3.8) is 0 Å². The lowest BCUT2D eigenvalue weighted by molar-refractivity contribution is -0.118. The largest absolute Gasteiger partial charge is 0.483 e. The molecule has 132 valence electrons. The van der Waals surface area contributed by atoms with Gasteiger partial charge in [0.15, 0.2) is 6.61 Å². The molecule has 0 aliphatic rings. The molecule has 2 aromatic carbocycles. The molecule has 0 aliphatic heterocycles. The number of rotatable bonds is 7. The average molecular weight is 340 g/mol. The number of carbonyl (C=O) groups is 2. The Hall–Kier alpha value is -2.82. The highest BCUT2D eigenvalue weighted by Crippen LogP contribution is 2.19. The zero-order valence-corrected chi connectivity index (χ0v) is 14.9. The van der Waals surface area contributed by atoms with Crippen molar-refractivity contribution in [1.82, 2.24) is 0 Å². The van der Waals surface area contributed by atoms with Crippen LogP contribution in [0.25, 0.3) is 0 Å². The number of anilines is 2. The highest BCUT2D eigenvalue weighted by molar-refractivity contribution is 5.94. The summed E-state index contributed by atoms with van der Waals surface area (Å²) >= 11 is 0. The van der Waals surface area contributed by atoms with E-state index in [1.807, 2.05) is 39.0 Å². The van der Waals surface area contributed by atoms with Crippen LogP contribution in [0.2, 0.25) is 0 Å². The topological polar surface area (TPSA) is 67.4 Å². The van der Waals surface area contributed by atoms with Crippen LogP contribution in [-0.2, 0) is 9.59 Å². The number of carbonyl (C=O) groups excluding carboxylic acids is 2. The van der Waals surface area contributed by atoms with Crippen LogP contribution in [0.3, 0.4) is 0 Å². The molecule has 2 rings (SSSR count). The maximum Gasteiger partial charge on any atom is 0.262 e. The molecule has 2 amide bonds. The van der Waals surface area contributed by atoms with Crippen LogP contribution in [0, 0.1) is 13.8 Å². The SMILES string of the molecule is CCCC(=O)Nc1cccc(NC(=O)COc2cc(C)ccc2C)c1. The van der Waals surface area contributed by atoms with Crippen molar-refractivity contribution in [3.8, 4) is 5.75 Å². The van der Waals surface area contributed by atoms with Gasteiger partial charge >= 0.3 is 0 Å². The van der Waals surface area contributed by atoms with E-state index in [9.17, 15) is 9.59 Å². The van der Waals surface area contributed by atoms with Gasteiger partial charge in [0.05, 0.1) is 0 Å². The second kappa shape index (κ2) is 8.87. The summed E-state index contributed by atoms with van der Waals surface area (Å²) < 4.78 is 5.60. The van der Waals surface area contributed by atoms with Gasteiger partial charge in [-0.05, 0) is 55.7 Å². The fraction of sp³-hybridized carbons (Fsp3) is 0.300. The minimum absolute atomic E-state index is 0.0377. The molecule has 0 aliphatic carbocycles. The molecule has 0 aromatic heterocycles. The van der Waals surface area contributed by atoms with E-state index in [0.29, 0.717) is 23.5 Å². The first-order valence-electron chi connectivity index (χ1n) is 8.37. The molecule has 2 aromatic rings. The summed E-state index contributed by atoms with van der Waals surface area (Å²) in [5.74, 6) is 0.415. The van der Waals surface area contributed by atoms with Crippen LogP contribution in [0.4, 0.5) is 11.4 Å². The van der Waals surface area contributed by atoms with E-state index < -0.39 is 0 Å². The number of amides is 2.